The number of nitrogens with zero attached hydrogens (tertiary/aromatic N) is 1. The number of unbranched alkanes of at least 4 members (excludes halogenated alkanes) is 1. The van der Waals surface area contributed by atoms with Crippen molar-refractivity contribution in [3.63, 3.8) is 0 Å². The van der Waals surface area contributed by atoms with E-state index in [2.05, 4.69) is 5.32 Å². The molecule has 0 spiro atoms. The van der Waals surface area contributed by atoms with Crippen LogP contribution < -0.4 is 14.4 Å². The zero-order chi connectivity index (χ0) is 27.9. The van der Waals surface area contributed by atoms with Crippen LogP contribution in [0.1, 0.15) is 46.8 Å². The molecule has 0 saturated carbocycles. The highest BCUT2D eigenvalue weighted by Gasteiger charge is 2.30. The first-order valence-electron chi connectivity index (χ1n) is 12.4. The van der Waals surface area contributed by atoms with Crippen LogP contribution in [0.3, 0.4) is 0 Å². The van der Waals surface area contributed by atoms with Crippen LogP contribution in [-0.2, 0) is 19.6 Å². The summed E-state index contributed by atoms with van der Waals surface area (Å²) in [5.41, 5.74) is 3.61. The van der Waals surface area contributed by atoms with Crippen molar-refractivity contribution < 1.29 is 27.5 Å². The lowest BCUT2D eigenvalue weighted by atomic mass is 10.1. The number of sulfonamides is 1. The van der Waals surface area contributed by atoms with Gasteiger partial charge in [-0.3, -0.25) is 9.10 Å². The van der Waals surface area contributed by atoms with Crippen molar-refractivity contribution in [1.29, 1.82) is 0 Å². The zero-order valence-electron chi connectivity index (χ0n) is 22.4. The van der Waals surface area contributed by atoms with Crippen LogP contribution in [-0.4, -0.2) is 40.6 Å². The molecule has 202 valence electrons. The Morgan fingerprint density at radius 3 is 2.16 bits per heavy atom. The van der Waals surface area contributed by atoms with Gasteiger partial charge in [0.2, 0.25) is 5.91 Å². The van der Waals surface area contributed by atoms with Gasteiger partial charge in [0.15, 0.2) is 0 Å². The number of hydrogen-bond donors (Lipinski definition) is 1. The van der Waals surface area contributed by atoms with Crippen LogP contribution in [0.2, 0.25) is 0 Å². The number of anilines is 2. The lowest BCUT2D eigenvalue weighted by molar-refractivity contribution is -0.114. The lowest BCUT2D eigenvalue weighted by Gasteiger charge is -2.26. The number of carbonyl (C=O) groups excluding carboxylic acids is 2. The molecule has 0 aliphatic rings. The van der Waals surface area contributed by atoms with Gasteiger partial charge in [0.25, 0.3) is 10.0 Å². The third-order valence-electron chi connectivity index (χ3n) is 5.80. The average Bonchev–Trinajstić information content (AvgIpc) is 2.87. The molecule has 8 nitrogen and oxygen atoms in total. The van der Waals surface area contributed by atoms with E-state index in [1.54, 1.807) is 55.5 Å². The third kappa shape index (κ3) is 7.13. The number of esters is 1. The highest BCUT2D eigenvalue weighted by Crippen LogP contribution is 2.32. The Morgan fingerprint density at radius 1 is 0.895 bits per heavy atom. The number of ether oxygens (including phenoxy) is 2. The van der Waals surface area contributed by atoms with E-state index in [-0.39, 0.29) is 10.6 Å². The summed E-state index contributed by atoms with van der Waals surface area (Å²) in [6.45, 7) is 7.41. The molecule has 3 rings (SSSR count). The number of nitrogens with one attached hydrogen (secondary N) is 1. The molecule has 9 heteroatoms. The van der Waals surface area contributed by atoms with Gasteiger partial charge in [0.1, 0.15) is 17.2 Å². The summed E-state index contributed by atoms with van der Waals surface area (Å²) in [4.78, 5) is 25.2. The van der Waals surface area contributed by atoms with E-state index in [0.29, 0.717) is 23.5 Å². The standard InChI is InChI=1S/C29H34N2O6S/c1-6-7-14-37-29(33)23-9-11-24(12-10-23)30-28(32)19-31(25-16-21(3)15-22(4)17-25)38(34,35)27-18-20(2)8-13-26(27)36-5/h8-13,15-18H,6-7,14,19H2,1-5H3,(H,30,32). The van der Waals surface area contributed by atoms with E-state index >= 15 is 0 Å². The first kappa shape index (κ1) is 28.7. The van der Waals surface area contributed by atoms with Crippen LogP contribution in [0.25, 0.3) is 0 Å². The third-order valence-corrected chi connectivity index (χ3v) is 7.60. The SMILES string of the molecule is CCCCOC(=O)c1ccc(NC(=O)CN(c2cc(C)cc(C)c2)S(=O)(=O)c2cc(C)ccc2OC)cc1. The predicted molar refractivity (Wildman–Crippen MR) is 148 cm³/mol. The van der Waals surface area contributed by atoms with Gasteiger partial charge in [-0.15, -0.1) is 0 Å². The Balaban J connectivity index is 1.89. The van der Waals surface area contributed by atoms with Crippen molar-refractivity contribution in [3.05, 3.63) is 82.9 Å². The van der Waals surface area contributed by atoms with E-state index in [0.717, 1.165) is 33.8 Å². The Morgan fingerprint density at radius 2 is 1.55 bits per heavy atom. The molecule has 3 aromatic rings. The van der Waals surface area contributed by atoms with Gasteiger partial charge in [-0.25, -0.2) is 13.2 Å². The van der Waals surface area contributed by atoms with E-state index in [1.807, 2.05) is 26.8 Å². The van der Waals surface area contributed by atoms with E-state index in [9.17, 15) is 18.0 Å². The minimum atomic E-state index is -4.18. The van der Waals surface area contributed by atoms with Gasteiger partial charge >= 0.3 is 5.97 Å². The molecule has 1 amide bonds. The van der Waals surface area contributed by atoms with Crippen molar-refractivity contribution in [2.75, 3.05) is 29.9 Å². The van der Waals surface area contributed by atoms with E-state index in [4.69, 9.17) is 9.47 Å². The Labute approximate surface area is 224 Å². The van der Waals surface area contributed by atoms with Crippen molar-refractivity contribution >= 4 is 33.3 Å². The monoisotopic (exact) mass is 538 g/mol. The van der Waals surface area contributed by atoms with E-state index < -0.39 is 28.4 Å². The normalized spacial score (nSPS) is 11.1. The number of rotatable bonds is 11. The minimum absolute atomic E-state index is 0.0297. The molecule has 38 heavy (non-hydrogen) atoms. The molecule has 0 aliphatic heterocycles. The molecule has 0 fully saturated rings. The fourth-order valence-corrected chi connectivity index (χ4v) is 5.58. The number of hydrogen-bond acceptors (Lipinski definition) is 6. The van der Waals surface area contributed by atoms with Crippen molar-refractivity contribution in [1.82, 2.24) is 0 Å². The predicted octanol–water partition coefficient (Wildman–Crippen LogP) is 5.41. The van der Waals surface area contributed by atoms with Crippen LogP contribution in [0.5, 0.6) is 5.75 Å². The molecular weight excluding hydrogens is 504 g/mol. The maximum Gasteiger partial charge on any atom is 0.338 e. The average molecular weight is 539 g/mol. The highest BCUT2D eigenvalue weighted by molar-refractivity contribution is 7.93. The van der Waals surface area contributed by atoms with Gasteiger partial charge in [-0.05, 0) is 92.4 Å². The number of carbonyl (C=O) groups is 2. The molecule has 0 unspecified atom stereocenters. The van der Waals surface area contributed by atoms with Crippen LogP contribution in [0.15, 0.2) is 65.6 Å². The van der Waals surface area contributed by atoms with Gasteiger partial charge in [0.05, 0.1) is 25.0 Å². The minimum Gasteiger partial charge on any atom is -0.495 e. The molecule has 0 bridgehead atoms. The largest absolute Gasteiger partial charge is 0.495 e. The molecule has 0 aromatic heterocycles. The summed E-state index contributed by atoms with van der Waals surface area (Å²) in [6.07, 6.45) is 1.71. The van der Waals surface area contributed by atoms with Crippen LogP contribution >= 0.6 is 0 Å². The molecule has 0 atom stereocenters. The van der Waals surface area contributed by atoms with Crippen molar-refractivity contribution in [2.45, 2.75) is 45.4 Å². The van der Waals surface area contributed by atoms with E-state index in [1.165, 1.54) is 13.2 Å². The second kappa shape index (κ2) is 12.6. The summed E-state index contributed by atoms with van der Waals surface area (Å²) >= 11 is 0. The van der Waals surface area contributed by atoms with Crippen LogP contribution in [0, 0.1) is 20.8 Å². The summed E-state index contributed by atoms with van der Waals surface area (Å²) < 4.78 is 39.5. The van der Waals surface area contributed by atoms with Crippen molar-refractivity contribution in [2.24, 2.45) is 0 Å². The van der Waals surface area contributed by atoms with Gasteiger partial charge in [-0.2, -0.15) is 0 Å². The van der Waals surface area contributed by atoms with Gasteiger partial charge < -0.3 is 14.8 Å². The Bertz CT molecular complexity index is 1380. The number of benzene rings is 3. The molecule has 1 N–H and O–H groups in total. The van der Waals surface area contributed by atoms with Crippen LogP contribution in [0.4, 0.5) is 11.4 Å². The fraction of sp³-hybridized carbons (Fsp3) is 0.310. The second-order valence-corrected chi connectivity index (χ2v) is 11.0. The molecule has 3 aromatic carbocycles. The first-order valence-corrected chi connectivity index (χ1v) is 13.8. The lowest BCUT2D eigenvalue weighted by Crippen LogP contribution is -2.38. The number of amides is 1. The number of aryl methyl sites for hydroxylation is 3. The summed E-state index contributed by atoms with van der Waals surface area (Å²) in [5.74, 6) is -0.792. The maximum absolute atomic E-state index is 13.9. The maximum atomic E-state index is 13.9. The molecule has 0 aliphatic carbocycles. The second-order valence-electron chi connectivity index (χ2n) is 9.13. The van der Waals surface area contributed by atoms with Crippen molar-refractivity contribution in [3.8, 4) is 5.75 Å². The molecular formula is C29H34N2O6S. The quantitative estimate of drug-likeness (QED) is 0.259. The fourth-order valence-electron chi connectivity index (χ4n) is 3.93. The number of methoxy groups -OCH3 is 1. The Kier molecular flexibility index (Phi) is 9.52. The zero-order valence-corrected chi connectivity index (χ0v) is 23.2. The van der Waals surface area contributed by atoms with Gasteiger partial charge in [-0.1, -0.05) is 25.5 Å². The highest BCUT2D eigenvalue weighted by atomic mass is 32.2. The smallest absolute Gasteiger partial charge is 0.338 e. The summed E-state index contributed by atoms with van der Waals surface area (Å²) in [7, 11) is -2.78. The molecule has 0 radical (unpaired) electrons. The summed E-state index contributed by atoms with van der Waals surface area (Å²) in [5, 5.41) is 2.72. The molecule has 0 heterocycles. The Hall–Kier alpha value is -3.85. The molecule has 0 saturated heterocycles. The first-order chi connectivity index (χ1) is 18.0. The van der Waals surface area contributed by atoms with Gasteiger partial charge in [0, 0.05) is 5.69 Å². The summed E-state index contributed by atoms with van der Waals surface area (Å²) in [6, 6.07) is 16.5. The topological polar surface area (TPSA) is 102 Å².